The molecule has 0 fully saturated rings. The summed E-state index contributed by atoms with van der Waals surface area (Å²) in [6.45, 7) is 6.30. The van der Waals surface area contributed by atoms with Crippen LogP contribution < -0.4 is 9.47 Å². The van der Waals surface area contributed by atoms with Crippen LogP contribution in [-0.2, 0) is 16.1 Å². The number of carbonyl (C=O) groups excluding carboxylic acids is 2. The Morgan fingerprint density at radius 2 is 1.68 bits per heavy atom. The molecule has 0 bridgehead atoms. The topological polar surface area (TPSA) is 94.4 Å². The van der Waals surface area contributed by atoms with E-state index in [1.807, 2.05) is 26.0 Å². The van der Waals surface area contributed by atoms with Crippen LogP contribution in [0.15, 0.2) is 88.0 Å². The molecule has 3 aromatic carbocycles. The summed E-state index contributed by atoms with van der Waals surface area (Å²) in [5, 5.41) is 11.7. The number of rotatable bonds is 9. The van der Waals surface area contributed by atoms with Gasteiger partial charge in [0.2, 0.25) is 0 Å². The van der Waals surface area contributed by atoms with E-state index in [9.17, 15) is 14.7 Å². The van der Waals surface area contributed by atoms with Gasteiger partial charge in [0, 0.05) is 10.6 Å². The maximum atomic E-state index is 12.8. The third-order valence-electron chi connectivity index (χ3n) is 5.74. The summed E-state index contributed by atoms with van der Waals surface area (Å²) in [7, 11) is 0. The van der Waals surface area contributed by atoms with E-state index in [1.54, 1.807) is 67.6 Å². The van der Waals surface area contributed by atoms with Crippen LogP contribution in [0.4, 0.5) is 0 Å². The first-order valence-corrected chi connectivity index (χ1v) is 13.8. The molecule has 0 unspecified atom stereocenters. The van der Waals surface area contributed by atoms with Gasteiger partial charge in [-0.1, -0.05) is 59.3 Å². The van der Waals surface area contributed by atoms with Crippen LogP contribution in [0.3, 0.4) is 0 Å². The van der Waals surface area contributed by atoms with Crippen molar-refractivity contribution in [1.29, 1.82) is 0 Å². The number of hydrogen-bond acceptors (Lipinski definition) is 7. The van der Waals surface area contributed by atoms with Crippen molar-refractivity contribution in [3.05, 3.63) is 110 Å². The van der Waals surface area contributed by atoms with Gasteiger partial charge in [-0.05, 0) is 74.4 Å². The minimum Gasteiger partial charge on any atom is -0.506 e. The molecule has 1 aliphatic heterocycles. The van der Waals surface area contributed by atoms with Gasteiger partial charge in [-0.3, -0.25) is 4.79 Å². The van der Waals surface area contributed by atoms with E-state index in [2.05, 4.69) is 4.99 Å². The monoisotopic (exact) mass is 577 g/mol. The Balaban J connectivity index is 1.62. The zero-order chi connectivity index (χ0) is 28.6. The molecule has 1 amide bonds. The molecule has 40 heavy (non-hydrogen) atoms. The summed E-state index contributed by atoms with van der Waals surface area (Å²) in [4.78, 5) is 30.0. The fraction of sp³-hybridized carbons (Fsp3) is 0.194. The van der Waals surface area contributed by atoms with E-state index in [0.717, 1.165) is 22.9 Å². The van der Waals surface area contributed by atoms with E-state index in [1.165, 1.54) is 0 Å². The molecule has 4 rings (SSSR count). The van der Waals surface area contributed by atoms with Gasteiger partial charge in [-0.2, -0.15) is 0 Å². The van der Waals surface area contributed by atoms with Crippen molar-refractivity contribution in [2.45, 2.75) is 27.4 Å². The van der Waals surface area contributed by atoms with Gasteiger partial charge in [0.1, 0.15) is 23.0 Å². The van der Waals surface area contributed by atoms with Gasteiger partial charge >= 0.3 is 5.97 Å². The summed E-state index contributed by atoms with van der Waals surface area (Å²) >= 11 is 6.98. The Bertz CT molecular complexity index is 1490. The molecule has 3 aromatic rings. The van der Waals surface area contributed by atoms with Crippen LogP contribution >= 0.6 is 23.4 Å². The molecule has 206 valence electrons. The maximum Gasteiger partial charge on any atom is 0.344 e. The summed E-state index contributed by atoms with van der Waals surface area (Å²) in [5.74, 6) is -0.520. The molecule has 0 saturated carbocycles. The lowest BCUT2D eigenvalue weighted by molar-refractivity contribution is -0.138. The van der Waals surface area contributed by atoms with E-state index < -0.39 is 11.9 Å². The summed E-state index contributed by atoms with van der Waals surface area (Å²) in [6, 6.07) is 19.7. The zero-order valence-electron chi connectivity index (χ0n) is 22.3. The smallest absolute Gasteiger partial charge is 0.344 e. The lowest BCUT2D eigenvalue weighted by Crippen LogP contribution is -2.14. The average Bonchev–Trinajstić information content (AvgIpc) is 3.23. The second kappa shape index (κ2) is 13.4. The fourth-order valence-corrected chi connectivity index (χ4v) is 4.88. The molecule has 9 heteroatoms. The molecule has 1 N–H and O–H groups in total. The van der Waals surface area contributed by atoms with Gasteiger partial charge < -0.3 is 19.3 Å². The van der Waals surface area contributed by atoms with Gasteiger partial charge in [-0.15, -0.1) is 0 Å². The molecule has 0 radical (unpaired) electrons. The first kappa shape index (κ1) is 29.0. The number of benzene rings is 3. The Kier molecular flexibility index (Phi) is 9.69. The summed E-state index contributed by atoms with van der Waals surface area (Å²) in [6.07, 6.45) is 1.68. The number of halogens is 1. The first-order chi connectivity index (χ1) is 19.3. The third kappa shape index (κ3) is 7.14. The van der Waals surface area contributed by atoms with Gasteiger partial charge in [-0.25, -0.2) is 9.79 Å². The summed E-state index contributed by atoms with van der Waals surface area (Å²) < 4.78 is 16.9. The SMILES string of the molecule is CCOC(=O)C1=C(O)/C(=C/c2ccc(OCc3ccc(Cl)cc3)c(OCC)c2)SC1=NC(=O)c1ccc(C)cc1. The number of hydrogen-bond donors (Lipinski definition) is 1. The average molecular weight is 578 g/mol. The van der Waals surface area contributed by atoms with Crippen molar-refractivity contribution in [3.63, 3.8) is 0 Å². The molecule has 0 saturated heterocycles. The van der Waals surface area contributed by atoms with Crippen LogP contribution in [0.25, 0.3) is 6.08 Å². The first-order valence-electron chi connectivity index (χ1n) is 12.6. The largest absolute Gasteiger partial charge is 0.506 e. The van der Waals surface area contributed by atoms with Gasteiger partial charge in [0.25, 0.3) is 5.91 Å². The van der Waals surface area contributed by atoms with Crippen molar-refractivity contribution >= 4 is 46.4 Å². The molecule has 1 heterocycles. The van der Waals surface area contributed by atoms with Crippen molar-refractivity contribution in [1.82, 2.24) is 0 Å². The van der Waals surface area contributed by atoms with Crippen molar-refractivity contribution in [2.75, 3.05) is 13.2 Å². The van der Waals surface area contributed by atoms with Crippen LogP contribution in [0.5, 0.6) is 11.5 Å². The third-order valence-corrected chi connectivity index (χ3v) is 7.02. The molecule has 7 nitrogen and oxygen atoms in total. The number of thioether (sulfide) groups is 1. The van der Waals surface area contributed by atoms with Crippen LogP contribution in [0.2, 0.25) is 5.02 Å². The highest BCUT2D eigenvalue weighted by Gasteiger charge is 2.34. The quantitative estimate of drug-likeness (QED) is 0.266. The Labute approximate surface area is 242 Å². The van der Waals surface area contributed by atoms with E-state index in [4.69, 9.17) is 25.8 Å². The van der Waals surface area contributed by atoms with Crippen LogP contribution in [0, 0.1) is 6.92 Å². The second-order valence-electron chi connectivity index (χ2n) is 8.70. The predicted octanol–water partition coefficient (Wildman–Crippen LogP) is 7.33. The highest BCUT2D eigenvalue weighted by Crippen LogP contribution is 2.40. The minimum absolute atomic E-state index is 0.0701. The van der Waals surface area contributed by atoms with Gasteiger partial charge in [0.05, 0.1) is 18.1 Å². The number of aliphatic imine (C=N–C) groups is 1. The standard InChI is InChI=1S/C31H28ClNO6S/c1-4-37-25-16-21(10-15-24(25)39-18-20-8-13-23(32)14-9-20)17-26-28(34)27(31(36)38-5-2)30(40-26)33-29(35)22-11-6-19(3)7-12-22/h6-17,34H,4-5,18H2,1-3H3/b26-17-,33-30?. The number of aliphatic hydroxyl groups excluding tert-OH is 1. The number of aliphatic hydroxyl groups is 1. The minimum atomic E-state index is -0.757. The lowest BCUT2D eigenvalue weighted by Gasteiger charge is -2.13. The Morgan fingerprint density at radius 3 is 2.35 bits per heavy atom. The fourth-order valence-electron chi connectivity index (χ4n) is 3.74. The molecular weight excluding hydrogens is 550 g/mol. The molecule has 0 atom stereocenters. The number of ether oxygens (including phenoxy) is 3. The van der Waals surface area contributed by atoms with Crippen molar-refractivity contribution in [3.8, 4) is 11.5 Å². The zero-order valence-corrected chi connectivity index (χ0v) is 23.8. The molecule has 0 aromatic heterocycles. The predicted molar refractivity (Wildman–Crippen MR) is 158 cm³/mol. The highest BCUT2D eigenvalue weighted by molar-refractivity contribution is 8.18. The molecular formula is C31H28ClNO6S. The Hall–Kier alpha value is -4.01. The van der Waals surface area contributed by atoms with Crippen LogP contribution in [-0.4, -0.2) is 35.2 Å². The number of aryl methyl sites for hydroxylation is 1. The highest BCUT2D eigenvalue weighted by atomic mass is 35.5. The van der Waals surface area contributed by atoms with Gasteiger partial charge in [0.15, 0.2) is 11.5 Å². The molecule has 1 aliphatic rings. The van der Waals surface area contributed by atoms with E-state index >= 15 is 0 Å². The van der Waals surface area contributed by atoms with Crippen molar-refractivity contribution < 1.29 is 28.9 Å². The maximum absolute atomic E-state index is 12.8. The lowest BCUT2D eigenvalue weighted by atomic mass is 10.1. The van der Waals surface area contributed by atoms with Crippen molar-refractivity contribution in [2.24, 2.45) is 4.99 Å². The Morgan fingerprint density at radius 1 is 0.950 bits per heavy atom. The number of carbonyl (C=O) groups is 2. The normalized spacial score (nSPS) is 15.0. The number of nitrogens with zero attached hydrogens (tertiary/aromatic N) is 1. The second-order valence-corrected chi connectivity index (χ2v) is 10.2. The van der Waals surface area contributed by atoms with E-state index in [0.29, 0.717) is 45.8 Å². The molecule has 0 aliphatic carbocycles. The number of esters is 1. The number of amides is 1. The molecule has 0 spiro atoms. The van der Waals surface area contributed by atoms with E-state index in [-0.39, 0.29) is 23.0 Å². The summed E-state index contributed by atoms with van der Waals surface area (Å²) in [5.41, 5.74) is 2.86. The van der Waals surface area contributed by atoms with Crippen LogP contribution in [0.1, 0.15) is 40.9 Å².